The first-order valence-electron chi connectivity index (χ1n) is 9.54. The van der Waals surface area contributed by atoms with Crippen molar-refractivity contribution in [2.45, 2.75) is 26.3 Å². The van der Waals surface area contributed by atoms with E-state index in [1.165, 1.54) is 0 Å². The zero-order chi connectivity index (χ0) is 19.3. The molecule has 0 bridgehead atoms. The molecular formula is C20H32IN3O4. The van der Waals surface area contributed by atoms with Crippen LogP contribution in [0.4, 0.5) is 0 Å². The van der Waals surface area contributed by atoms with Crippen molar-refractivity contribution in [1.82, 2.24) is 10.2 Å². The maximum atomic E-state index is 5.65. The number of guanidine groups is 1. The first-order valence-corrected chi connectivity index (χ1v) is 9.54. The SMILES string of the molecule is CCNC(=NCc1cc(OC)c(OC)cc1OC)N1CCC2(CCOC2)C1.I. The summed E-state index contributed by atoms with van der Waals surface area (Å²) in [4.78, 5) is 7.23. The van der Waals surface area contributed by atoms with Gasteiger partial charge in [0.1, 0.15) is 5.75 Å². The smallest absolute Gasteiger partial charge is 0.194 e. The number of aliphatic imine (C=N–C) groups is 1. The molecule has 158 valence electrons. The Balaban J connectivity index is 0.00000280. The molecule has 7 nitrogen and oxygen atoms in total. The summed E-state index contributed by atoms with van der Waals surface area (Å²) >= 11 is 0. The van der Waals surface area contributed by atoms with Crippen molar-refractivity contribution in [3.63, 3.8) is 0 Å². The standard InChI is InChI=1S/C20H31N3O4.HI/c1-5-21-19(23-8-6-20(13-23)7-9-27-14-20)22-12-15-10-17(25-3)18(26-4)11-16(15)24-2;/h10-11H,5-9,12-14H2,1-4H3,(H,21,22);1H. The van der Waals surface area contributed by atoms with E-state index in [1.54, 1.807) is 21.3 Å². The van der Waals surface area contributed by atoms with Crippen molar-refractivity contribution >= 4 is 29.9 Å². The van der Waals surface area contributed by atoms with Gasteiger partial charge in [-0.05, 0) is 25.8 Å². The van der Waals surface area contributed by atoms with Gasteiger partial charge in [0, 0.05) is 43.3 Å². The van der Waals surface area contributed by atoms with Gasteiger partial charge in [-0.1, -0.05) is 0 Å². The normalized spacial score (nSPS) is 21.6. The Morgan fingerprint density at radius 1 is 1.14 bits per heavy atom. The predicted octanol–water partition coefficient (Wildman–Crippen LogP) is 2.91. The molecule has 3 rings (SSSR count). The zero-order valence-electron chi connectivity index (χ0n) is 17.2. The molecule has 1 atom stereocenters. The van der Waals surface area contributed by atoms with Gasteiger partial charge in [-0.2, -0.15) is 0 Å². The predicted molar refractivity (Wildman–Crippen MR) is 120 cm³/mol. The minimum atomic E-state index is 0. The lowest BCUT2D eigenvalue weighted by Crippen LogP contribution is -2.41. The second-order valence-electron chi connectivity index (χ2n) is 7.16. The number of methoxy groups -OCH3 is 3. The molecule has 0 radical (unpaired) electrons. The molecule has 0 aliphatic carbocycles. The Morgan fingerprint density at radius 3 is 2.46 bits per heavy atom. The molecule has 1 N–H and O–H groups in total. The largest absolute Gasteiger partial charge is 0.496 e. The van der Waals surface area contributed by atoms with Crippen molar-refractivity contribution in [1.29, 1.82) is 0 Å². The van der Waals surface area contributed by atoms with Crippen molar-refractivity contribution < 1.29 is 18.9 Å². The molecule has 0 aromatic heterocycles. The highest BCUT2D eigenvalue weighted by atomic mass is 127. The quantitative estimate of drug-likeness (QED) is 0.365. The molecule has 1 aromatic carbocycles. The van der Waals surface area contributed by atoms with Crippen LogP contribution in [0, 0.1) is 5.41 Å². The molecule has 8 heteroatoms. The molecule has 28 heavy (non-hydrogen) atoms. The van der Waals surface area contributed by atoms with Gasteiger partial charge in [0.25, 0.3) is 0 Å². The van der Waals surface area contributed by atoms with Crippen LogP contribution in [-0.4, -0.2) is 65.0 Å². The van der Waals surface area contributed by atoms with E-state index in [2.05, 4.69) is 17.1 Å². The number of hydrogen-bond donors (Lipinski definition) is 1. The van der Waals surface area contributed by atoms with Crippen molar-refractivity contribution in [3.05, 3.63) is 17.7 Å². The molecule has 2 heterocycles. The van der Waals surface area contributed by atoms with Gasteiger partial charge in [0.15, 0.2) is 17.5 Å². The number of nitrogens with one attached hydrogen (secondary N) is 1. The van der Waals surface area contributed by atoms with Gasteiger partial charge >= 0.3 is 0 Å². The first kappa shape index (κ1) is 22.9. The van der Waals surface area contributed by atoms with E-state index >= 15 is 0 Å². The molecular weight excluding hydrogens is 473 g/mol. The fourth-order valence-corrected chi connectivity index (χ4v) is 3.89. The number of halogens is 1. The highest BCUT2D eigenvalue weighted by molar-refractivity contribution is 14.0. The van der Waals surface area contributed by atoms with Gasteiger partial charge in [-0.3, -0.25) is 0 Å². The number of hydrogen-bond acceptors (Lipinski definition) is 5. The van der Waals surface area contributed by atoms with E-state index in [0.717, 1.165) is 63.0 Å². The van der Waals surface area contributed by atoms with Gasteiger partial charge in [0.05, 0.1) is 34.5 Å². The van der Waals surface area contributed by atoms with Crippen LogP contribution in [0.1, 0.15) is 25.3 Å². The van der Waals surface area contributed by atoms with E-state index in [-0.39, 0.29) is 24.0 Å². The average molecular weight is 505 g/mol. The van der Waals surface area contributed by atoms with Gasteiger partial charge < -0.3 is 29.2 Å². The number of rotatable bonds is 6. The maximum absolute atomic E-state index is 5.65. The van der Waals surface area contributed by atoms with E-state index in [9.17, 15) is 0 Å². The van der Waals surface area contributed by atoms with Crippen LogP contribution in [-0.2, 0) is 11.3 Å². The number of benzene rings is 1. The molecule has 1 aromatic rings. The molecule has 1 unspecified atom stereocenters. The van der Waals surface area contributed by atoms with Crippen LogP contribution >= 0.6 is 24.0 Å². The topological polar surface area (TPSA) is 64.6 Å². The lowest BCUT2D eigenvalue weighted by Gasteiger charge is -2.25. The van der Waals surface area contributed by atoms with Gasteiger partial charge in [0.2, 0.25) is 0 Å². The third-order valence-corrected chi connectivity index (χ3v) is 5.44. The summed E-state index contributed by atoms with van der Waals surface area (Å²) in [6.45, 7) is 7.20. The third kappa shape index (κ3) is 4.94. The van der Waals surface area contributed by atoms with Crippen LogP contribution < -0.4 is 19.5 Å². The zero-order valence-corrected chi connectivity index (χ0v) is 19.6. The average Bonchev–Trinajstić information content (AvgIpc) is 3.34. The fourth-order valence-electron chi connectivity index (χ4n) is 3.89. The molecule has 2 aliphatic rings. The van der Waals surface area contributed by atoms with E-state index in [4.69, 9.17) is 23.9 Å². The highest BCUT2D eigenvalue weighted by Crippen LogP contribution is 2.38. The van der Waals surface area contributed by atoms with Gasteiger partial charge in [-0.25, -0.2) is 4.99 Å². The van der Waals surface area contributed by atoms with Crippen LogP contribution in [0.3, 0.4) is 0 Å². The van der Waals surface area contributed by atoms with Crippen molar-refractivity contribution in [2.24, 2.45) is 10.4 Å². The highest BCUT2D eigenvalue weighted by Gasteiger charge is 2.42. The van der Waals surface area contributed by atoms with Crippen LogP contribution in [0.25, 0.3) is 0 Å². The molecule has 2 aliphatic heterocycles. The summed E-state index contributed by atoms with van der Waals surface area (Å²) in [6, 6.07) is 3.78. The molecule has 2 fully saturated rings. The lowest BCUT2D eigenvalue weighted by molar-refractivity contribution is 0.156. The molecule has 1 spiro atoms. The Kier molecular flexibility index (Phi) is 8.48. The Hall–Kier alpha value is -1.42. The van der Waals surface area contributed by atoms with Crippen LogP contribution in [0.5, 0.6) is 17.2 Å². The molecule has 0 saturated carbocycles. The summed E-state index contributed by atoms with van der Waals surface area (Å²) in [5.74, 6) is 3.01. The molecule has 2 saturated heterocycles. The minimum absolute atomic E-state index is 0. The monoisotopic (exact) mass is 505 g/mol. The van der Waals surface area contributed by atoms with E-state index in [1.807, 2.05) is 12.1 Å². The fraction of sp³-hybridized carbons (Fsp3) is 0.650. The van der Waals surface area contributed by atoms with E-state index < -0.39 is 0 Å². The Morgan fingerprint density at radius 2 is 1.86 bits per heavy atom. The first-order chi connectivity index (χ1) is 13.1. The second-order valence-corrected chi connectivity index (χ2v) is 7.16. The van der Waals surface area contributed by atoms with Crippen LogP contribution in [0.15, 0.2) is 17.1 Å². The number of ether oxygens (including phenoxy) is 4. The lowest BCUT2D eigenvalue weighted by atomic mass is 9.87. The maximum Gasteiger partial charge on any atom is 0.194 e. The second kappa shape index (κ2) is 10.4. The summed E-state index contributed by atoms with van der Waals surface area (Å²) in [6.07, 6.45) is 2.31. The summed E-state index contributed by atoms with van der Waals surface area (Å²) < 4.78 is 22.0. The van der Waals surface area contributed by atoms with Crippen molar-refractivity contribution in [3.8, 4) is 17.2 Å². The number of nitrogens with zero attached hydrogens (tertiary/aromatic N) is 2. The summed E-state index contributed by atoms with van der Waals surface area (Å²) in [5.41, 5.74) is 1.26. The Bertz CT molecular complexity index is 678. The van der Waals surface area contributed by atoms with Gasteiger partial charge in [-0.15, -0.1) is 24.0 Å². The summed E-state index contributed by atoms with van der Waals surface area (Å²) in [7, 11) is 4.91. The minimum Gasteiger partial charge on any atom is -0.496 e. The molecule has 0 amide bonds. The number of likely N-dealkylation sites (tertiary alicyclic amines) is 1. The summed E-state index contributed by atoms with van der Waals surface area (Å²) in [5, 5.41) is 3.43. The van der Waals surface area contributed by atoms with Crippen LogP contribution in [0.2, 0.25) is 0 Å². The van der Waals surface area contributed by atoms with Crippen molar-refractivity contribution in [2.75, 3.05) is 54.2 Å². The Labute approximate surface area is 184 Å². The third-order valence-electron chi connectivity index (χ3n) is 5.44. The van der Waals surface area contributed by atoms with E-state index in [0.29, 0.717) is 23.5 Å².